The topological polar surface area (TPSA) is 81.4 Å². The van der Waals surface area contributed by atoms with Crippen LogP contribution in [-0.4, -0.2) is 37.0 Å². The number of nitrogens with zero attached hydrogens (tertiary/aromatic N) is 2. The summed E-state index contributed by atoms with van der Waals surface area (Å²) < 4.78 is 64.4. The Morgan fingerprint density at radius 2 is 2.05 bits per heavy atom. The second-order valence-corrected chi connectivity index (χ2v) is 6.91. The minimum Gasteiger partial charge on any atom is -0.392 e. The standard InChI is InChI=1S/C13H13F3N2O3S/c14-13(15,16)12-6-11(4-3-9(12)7-17)22(20,21)18-5-1-2-10(19)8-18/h3-4,6,10,19H,1-2,5,8H2. The molecule has 1 aliphatic rings. The van der Waals surface area contributed by atoms with E-state index in [2.05, 4.69) is 0 Å². The molecule has 5 nitrogen and oxygen atoms in total. The lowest BCUT2D eigenvalue weighted by Gasteiger charge is -2.29. The maximum atomic E-state index is 12.9. The zero-order valence-electron chi connectivity index (χ0n) is 11.3. The molecule has 1 aliphatic heterocycles. The Kier molecular flexibility index (Phi) is 4.47. The Labute approximate surface area is 125 Å². The first kappa shape index (κ1) is 16.7. The summed E-state index contributed by atoms with van der Waals surface area (Å²) in [6.07, 6.45) is -4.77. The maximum Gasteiger partial charge on any atom is 0.417 e. The number of nitriles is 1. The number of β-amino-alcohol motifs (C(OH)–C–C–N with tert-alkyl or cyclic N) is 1. The molecule has 1 atom stereocenters. The van der Waals surface area contributed by atoms with Gasteiger partial charge in [0.05, 0.1) is 28.2 Å². The molecular formula is C13H13F3N2O3S. The zero-order chi connectivity index (χ0) is 16.5. The number of alkyl halides is 3. The van der Waals surface area contributed by atoms with E-state index in [1.54, 1.807) is 0 Å². The zero-order valence-corrected chi connectivity index (χ0v) is 12.2. The van der Waals surface area contributed by atoms with E-state index in [0.29, 0.717) is 18.9 Å². The van der Waals surface area contributed by atoms with Crippen LogP contribution in [-0.2, 0) is 16.2 Å². The molecule has 22 heavy (non-hydrogen) atoms. The average Bonchev–Trinajstić information content (AvgIpc) is 2.45. The van der Waals surface area contributed by atoms with Gasteiger partial charge in [0.15, 0.2) is 0 Å². The van der Waals surface area contributed by atoms with E-state index in [-0.39, 0.29) is 13.1 Å². The number of halogens is 3. The quantitative estimate of drug-likeness (QED) is 0.893. The van der Waals surface area contributed by atoms with Crippen LogP contribution in [0.15, 0.2) is 23.1 Å². The summed E-state index contributed by atoms with van der Waals surface area (Å²) in [4.78, 5) is -0.534. The van der Waals surface area contributed by atoms with Crippen LogP contribution in [0.2, 0.25) is 0 Å². The molecule has 1 unspecified atom stereocenters. The summed E-state index contributed by atoms with van der Waals surface area (Å²) in [5.41, 5.74) is -1.92. The molecule has 1 fully saturated rings. The highest BCUT2D eigenvalue weighted by Crippen LogP contribution is 2.34. The van der Waals surface area contributed by atoms with Gasteiger partial charge in [0.2, 0.25) is 10.0 Å². The van der Waals surface area contributed by atoms with E-state index < -0.39 is 38.3 Å². The SMILES string of the molecule is N#Cc1ccc(S(=O)(=O)N2CCCC(O)C2)cc1C(F)(F)F. The highest BCUT2D eigenvalue weighted by atomic mass is 32.2. The van der Waals surface area contributed by atoms with Gasteiger partial charge in [-0.2, -0.15) is 22.7 Å². The van der Waals surface area contributed by atoms with Gasteiger partial charge in [0.25, 0.3) is 0 Å². The van der Waals surface area contributed by atoms with Crippen molar-refractivity contribution in [3.05, 3.63) is 29.3 Å². The molecule has 0 amide bonds. The summed E-state index contributed by atoms with van der Waals surface area (Å²) in [5.74, 6) is 0. The van der Waals surface area contributed by atoms with Crippen molar-refractivity contribution in [3.8, 4) is 6.07 Å². The van der Waals surface area contributed by atoms with Crippen LogP contribution in [0.4, 0.5) is 13.2 Å². The monoisotopic (exact) mass is 334 g/mol. The van der Waals surface area contributed by atoms with Crippen molar-refractivity contribution in [2.24, 2.45) is 0 Å². The first-order chi connectivity index (χ1) is 10.2. The van der Waals surface area contributed by atoms with E-state index in [4.69, 9.17) is 5.26 Å². The molecule has 1 heterocycles. The summed E-state index contributed by atoms with van der Waals surface area (Å²) in [5, 5.41) is 18.2. The Morgan fingerprint density at radius 1 is 1.36 bits per heavy atom. The molecule has 120 valence electrons. The number of piperidine rings is 1. The summed E-state index contributed by atoms with van der Waals surface area (Å²) in [6, 6.07) is 3.69. The van der Waals surface area contributed by atoms with Crippen LogP contribution >= 0.6 is 0 Å². The van der Waals surface area contributed by atoms with Crippen LogP contribution < -0.4 is 0 Å². The van der Waals surface area contributed by atoms with Crippen LogP contribution in [0.25, 0.3) is 0 Å². The maximum absolute atomic E-state index is 12.9. The first-order valence-electron chi connectivity index (χ1n) is 6.46. The number of rotatable bonds is 2. The van der Waals surface area contributed by atoms with Crippen molar-refractivity contribution in [2.75, 3.05) is 13.1 Å². The van der Waals surface area contributed by atoms with Crippen molar-refractivity contribution < 1.29 is 26.7 Å². The van der Waals surface area contributed by atoms with Crippen molar-refractivity contribution in [2.45, 2.75) is 30.0 Å². The van der Waals surface area contributed by atoms with Crippen LogP contribution in [0, 0.1) is 11.3 Å². The summed E-state index contributed by atoms with van der Waals surface area (Å²) >= 11 is 0. The van der Waals surface area contributed by atoms with Crippen LogP contribution in [0.1, 0.15) is 24.0 Å². The molecule has 0 aromatic heterocycles. The lowest BCUT2D eigenvalue weighted by molar-refractivity contribution is -0.137. The van der Waals surface area contributed by atoms with E-state index >= 15 is 0 Å². The second kappa shape index (κ2) is 5.87. The number of hydrogen-bond donors (Lipinski definition) is 1. The second-order valence-electron chi connectivity index (χ2n) is 4.98. The minimum absolute atomic E-state index is 0.140. The molecule has 0 saturated carbocycles. The summed E-state index contributed by atoms with van der Waals surface area (Å²) in [6.45, 7) is -0.00949. The van der Waals surface area contributed by atoms with Crippen molar-refractivity contribution in [3.63, 3.8) is 0 Å². The highest BCUT2D eigenvalue weighted by molar-refractivity contribution is 7.89. The number of aliphatic hydroxyl groups excluding tert-OH is 1. The molecule has 0 spiro atoms. The minimum atomic E-state index is -4.82. The van der Waals surface area contributed by atoms with Gasteiger partial charge in [-0.25, -0.2) is 8.42 Å². The van der Waals surface area contributed by atoms with Crippen molar-refractivity contribution in [1.29, 1.82) is 5.26 Å². The lowest BCUT2D eigenvalue weighted by Crippen LogP contribution is -2.42. The summed E-state index contributed by atoms with van der Waals surface area (Å²) in [7, 11) is -4.14. The van der Waals surface area contributed by atoms with Gasteiger partial charge in [-0.15, -0.1) is 0 Å². The Balaban J connectivity index is 2.46. The molecule has 0 bridgehead atoms. The molecule has 9 heteroatoms. The number of aliphatic hydroxyl groups is 1. The average molecular weight is 334 g/mol. The van der Waals surface area contributed by atoms with E-state index in [1.807, 2.05) is 0 Å². The predicted molar refractivity (Wildman–Crippen MR) is 70.2 cm³/mol. The third kappa shape index (κ3) is 3.24. The molecule has 1 N–H and O–H groups in total. The van der Waals surface area contributed by atoms with E-state index in [1.165, 1.54) is 6.07 Å². The largest absolute Gasteiger partial charge is 0.417 e. The first-order valence-corrected chi connectivity index (χ1v) is 7.90. The molecular weight excluding hydrogens is 321 g/mol. The van der Waals surface area contributed by atoms with Gasteiger partial charge in [-0.05, 0) is 31.0 Å². The smallest absolute Gasteiger partial charge is 0.392 e. The van der Waals surface area contributed by atoms with Gasteiger partial charge < -0.3 is 5.11 Å². The molecule has 0 aliphatic carbocycles. The van der Waals surface area contributed by atoms with E-state index in [0.717, 1.165) is 16.4 Å². The lowest BCUT2D eigenvalue weighted by atomic mass is 10.1. The normalized spacial score (nSPS) is 20.6. The van der Waals surface area contributed by atoms with Gasteiger partial charge in [0, 0.05) is 13.1 Å². The number of benzene rings is 1. The predicted octanol–water partition coefficient (Wildman–Crippen LogP) is 1.72. The van der Waals surface area contributed by atoms with Gasteiger partial charge in [-0.3, -0.25) is 0 Å². The highest BCUT2D eigenvalue weighted by Gasteiger charge is 2.36. The van der Waals surface area contributed by atoms with Crippen LogP contribution in [0.5, 0.6) is 0 Å². The third-order valence-electron chi connectivity index (χ3n) is 3.41. The molecule has 1 aromatic rings. The fraction of sp³-hybridized carbons (Fsp3) is 0.462. The Morgan fingerprint density at radius 3 is 2.59 bits per heavy atom. The Bertz CT molecular complexity index is 710. The molecule has 0 radical (unpaired) electrons. The van der Waals surface area contributed by atoms with Crippen molar-refractivity contribution in [1.82, 2.24) is 4.31 Å². The van der Waals surface area contributed by atoms with Gasteiger partial charge in [0.1, 0.15) is 0 Å². The van der Waals surface area contributed by atoms with Crippen molar-refractivity contribution >= 4 is 10.0 Å². The van der Waals surface area contributed by atoms with E-state index in [9.17, 15) is 26.7 Å². The molecule has 1 saturated heterocycles. The Hall–Kier alpha value is -1.63. The number of sulfonamides is 1. The van der Waals surface area contributed by atoms with Gasteiger partial charge >= 0.3 is 6.18 Å². The molecule has 1 aromatic carbocycles. The molecule has 2 rings (SSSR count). The fourth-order valence-electron chi connectivity index (χ4n) is 2.30. The third-order valence-corrected chi connectivity index (χ3v) is 5.28. The van der Waals surface area contributed by atoms with Gasteiger partial charge in [-0.1, -0.05) is 0 Å². The number of hydrogen-bond acceptors (Lipinski definition) is 4. The van der Waals surface area contributed by atoms with Crippen LogP contribution in [0.3, 0.4) is 0 Å². The fourth-order valence-corrected chi connectivity index (χ4v) is 3.85.